The van der Waals surface area contributed by atoms with E-state index in [1.807, 2.05) is 11.3 Å². The summed E-state index contributed by atoms with van der Waals surface area (Å²) >= 11 is 1.86. The number of fused-ring (bicyclic) bond motifs is 9. The van der Waals surface area contributed by atoms with Crippen molar-refractivity contribution in [2.45, 2.75) is 19.3 Å². The summed E-state index contributed by atoms with van der Waals surface area (Å²) in [5.41, 5.74) is 11.9. The van der Waals surface area contributed by atoms with E-state index >= 15 is 0 Å². The van der Waals surface area contributed by atoms with Gasteiger partial charge in [0.05, 0.1) is 5.69 Å². The van der Waals surface area contributed by atoms with Gasteiger partial charge in [-0.05, 0) is 134 Å². The van der Waals surface area contributed by atoms with Crippen molar-refractivity contribution in [1.82, 2.24) is 0 Å². The van der Waals surface area contributed by atoms with Crippen LogP contribution in [0.5, 0.6) is 0 Å². The minimum atomic E-state index is -0.263. The molecule has 3 heteroatoms. The molecule has 284 valence electrons. The fourth-order valence-electron chi connectivity index (χ4n) is 9.99. The normalized spacial score (nSPS) is 13.0. The molecule has 1 aliphatic rings. The van der Waals surface area contributed by atoms with Crippen LogP contribution in [-0.2, 0) is 5.41 Å². The van der Waals surface area contributed by atoms with Gasteiger partial charge in [0.2, 0.25) is 0 Å². The highest BCUT2D eigenvalue weighted by molar-refractivity contribution is 7.25. The van der Waals surface area contributed by atoms with Crippen LogP contribution in [0.15, 0.2) is 206 Å². The molecule has 1 aromatic heterocycles. The van der Waals surface area contributed by atoms with Gasteiger partial charge < -0.3 is 9.80 Å². The van der Waals surface area contributed by atoms with Crippen molar-refractivity contribution in [2.24, 2.45) is 0 Å². The Balaban J connectivity index is 1.09. The molecule has 1 heterocycles. The second kappa shape index (κ2) is 13.4. The SMILES string of the molecule is CC1(C)c2cc(N(c3ccccc3)c3ccc4sc5ccccc5c4c3)ccc2-c2cc3c4ccccc4c(N(c4ccccc4)c4ccccc4)cc3c3cccc1c23. The highest BCUT2D eigenvalue weighted by atomic mass is 32.1. The van der Waals surface area contributed by atoms with Crippen molar-refractivity contribution < 1.29 is 0 Å². The third-order valence-electron chi connectivity index (χ3n) is 12.8. The molecule has 0 radical (unpaired) electrons. The lowest BCUT2D eigenvalue weighted by Crippen LogP contribution is -2.24. The molecule has 11 aromatic rings. The number of rotatable bonds is 6. The summed E-state index contributed by atoms with van der Waals surface area (Å²) in [7, 11) is 0. The zero-order valence-electron chi connectivity index (χ0n) is 33.4. The van der Waals surface area contributed by atoms with Crippen LogP contribution in [0.4, 0.5) is 34.1 Å². The molecule has 0 aliphatic heterocycles. The van der Waals surface area contributed by atoms with E-state index < -0.39 is 0 Å². The van der Waals surface area contributed by atoms with Gasteiger partial charge in [0, 0.05) is 59.4 Å². The zero-order chi connectivity index (χ0) is 40.0. The second-order valence-electron chi connectivity index (χ2n) is 16.5. The fourth-order valence-corrected chi connectivity index (χ4v) is 11.1. The molecule has 0 bridgehead atoms. The van der Waals surface area contributed by atoms with Crippen LogP contribution in [0.25, 0.3) is 63.6 Å². The summed E-state index contributed by atoms with van der Waals surface area (Å²) in [6.45, 7) is 4.82. The van der Waals surface area contributed by atoms with Crippen molar-refractivity contribution in [3.8, 4) is 11.1 Å². The first kappa shape index (κ1) is 34.8. The summed E-state index contributed by atoms with van der Waals surface area (Å²) < 4.78 is 2.63. The van der Waals surface area contributed by atoms with E-state index in [9.17, 15) is 0 Å². The first-order chi connectivity index (χ1) is 29.5. The van der Waals surface area contributed by atoms with Crippen LogP contribution in [0.2, 0.25) is 0 Å². The number of anilines is 6. The first-order valence-electron chi connectivity index (χ1n) is 20.8. The summed E-state index contributed by atoms with van der Waals surface area (Å²) in [5.74, 6) is 0. The molecule has 60 heavy (non-hydrogen) atoms. The molecular formula is C57H40N2S. The predicted molar refractivity (Wildman–Crippen MR) is 259 cm³/mol. The molecule has 0 saturated heterocycles. The lowest BCUT2D eigenvalue weighted by atomic mass is 9.68. The van der Waals surface area contributed by atoms with Crippen molar-refractivity contribution >= 4 is 98.0 Å². The van der Waals surface area contributed by atoms with Crippen LogP contribution in [-0.4, -0.2) is 0 Å². The average molecular weight is 785 g/mol. The maximum atomic E-state index is 2.49. The summed E-state index contributed by atoms with van der Waals surface area (Å²) in [5, 5.41) is 10.3. The maximum Gasteiger partial charge on any atom is 0.0546 e. The molecule has 0 saturated carbocycles. The van der Waals surface area contributed by atoms with Gasteiger partial charge in [-0.3, -0.25) is 0 Å². The third kappa shape index (κ3) is 5.26. The van der Waals surface area contributed by atoms with Gasteiger partial charge in [-0.1, -0.05) is 135 Å². The number of hydrogen-bond donors (Lipinski definition) is 0. The number of benzene rings is 10. The lowest BCUT2D eigenvalue weighted by Gasteiger charge is -2.37. The van der Waals surface area contributed by atoms with Crippen molar-refractivity contribution in [3.05, 3.63) is 217 Å². The third-order valence-corrected chi connectivity index (χ3v) is 13.9. The maximum absolute atomic E-state index is 2.49. The molecule has 12 rings (SSSR count). The molecule has 0 fully saturated rings. The minimum Gasteiger partial charge on any atom is -0.310 e. The number of nitrogens with zero attached hydrogens (tertiary/aromatic N) is 2. The highest BCUT2D eigenvalue weighted by Gasteiger charge is 2.35. The monoisotopic (exact) mass is 784 g/mol. The van der Waals surface area contributed by atoms with E-state index in [2.05, 4.69) is 230 Å². The number of hydrogen-bond acceptors (Lipinski definition) is 3. The van der Waals surface area contributed by atoms with Gasteiger partial charge in [-0.25, -0.2) is 0 Å². The quantitative estimate of drug-likeness (QED) is 0.155. The molecule has 10 aromatic carbocycles. The Morgan fingerprint density at radius 3 is 1.60 bits per heavy atom. The van der Waals surface area contributed by atoms with Gasteiger partial charge in [0.15, 0.2) is 0 Å². The Morgan fingerprint density at radius 2 is 0.883 bits per heavy atom. The Kier molecular flexibility index (Phi) is 7.79. The zero-order valence-corrected chi connectivity index (χ0v) is 34.2. The summed E-state index contributed by atoms with van der Waals surface area (Å²) in [6.07, 6.45) is 0. The van der Waals surface area contributed by atoms with E-state index in [0.29, 0.717) is 0 Å². The molecule has 0 atom stereocenters. The highest BCUT2D eigenvalue weighted by Crippen LogP contribution is 2.54. The Labute approximate surface area is 353 Å². The molecule has 0 N–H and O–H groups in total. The Morgan fingerprint density at radius 1 is 0.333 bits per heavy atom. The van der Waals surface area contributed by atoms with E-state index in [1.54, 1.807) is 0 Å². The van der Waals surface area contributed by atoms with Gasteiger partial charge in [-0.2, -0.15) is 0 Å². The van der Waals surface area contributed by atoms with Gasteiger partial charge >= 0.3 is 0 Å². The molecule has 1 aliphatic carbocycles. The van der Waals surface area contributed by atoms with E-state index in [1.165, 1.54) is 80.4 Å². The Hall–Kier alpha value is -7.20. The summed E-state index contributed by atoms with van der Waals surface area (Å²) in [4.78, 5) is 4.84. The second-order valence-corrected chi connectivity index (χ2v) is 17.6. The van der Waals surface area contributed by atoms with Gasteiger partial charge in [0.25, 0.3) is 0 Å². The number of thiophene rings is 1. The van der Waals surface area contributed by atoms with E-state index in [4.69, 9.17) is 0 Å². The van der Waals surface area contributed by atoms with Crippen LogP contribution in [0.1, 0.15) is 25.0 Å². The largest absolute Gasteiger partial charge is 0.310 e. The molecule has 0 amide bonds. The van der Waals surface area contributed by atoms with Crippen LogP contribution in [0, 0.1) is 0 Å². The van der Waals surface area contributed by atoms with E-state index in [0.717, 1.165) is 28.4 Å². The van der Waals surface area contributed by atoms with Crippen LogP contribution in [0.3, 0.4) is 0 Å². The van der Waals surface area contributed by atoms with Crippen LogP contribution >= 0.6 is 11.3 Å². The number of para-hydroxylation sites is 3. The van der Waals surface area contributed by atoms with Crippen molar-refractivity contribution in [1.29, 1.82) is 0 Å². The van der Waals surface area contributed by atoms with Crippen molar-refractivity contribution in [3.63, 3.8) is 0 Å². The average Bonchev–Trinajstić information content (AvgIpc) is 3.68. The molecular weight excluding hydrogens is 745 g/mol. The van der Waals surface area contributed by atoms with Gasteiger partial charge in [-0.15, -0.1) is 11.3 Å². The molecule has 0 unspecified atom stereocenters. The molecule has 0 spiro atoms. The fraction of sp³-hybridized carbons (Fsp3) is 0.0526. The molecule has 2 nitrogen and oxygen atoms in total. The Bertz CT molecular complexity index is 3420. The van der Waals surface area contributed by atoms with Gasteiger partial charge in [0.1, 0.15) is 0 Å². The minimum absolute atomic E-state index is 0.263. The summed E-state index contributed by atoms with van der Waals surface area (Å²) in [6, 6.07) is 76.1. The van der Waals surface area contributed by atoms with Crippen LogP contribution < -0.4 is 9.80 Å². The smallest absolute Gasteiger partial charge is 0.0546 e. The predicted octanol–water partition coefficient (Wildman–Crippen LogP) is 16.8. The lowest BCUT2D eigenvalue weighted by molar-refractivity contribution is 0.645. The van der Waals surface area contributed by atoms with Crippen molar-refractivity contribution in [2.75, 3.05) is 9.80 Å². The topological polar surface area (TPSA) is 6.48 Å². The standard InChI is InChI=1S/C57H40N2S/c1-57(2)51-27-16-26-46-48-36-53(59(38-19-8-4-9-20-38)39-21-10-5-11-22-39)44-24-13-12-23-42(44)47(48)35-50(56(46)51)43-31-29-41(34-52(43)57)58(37-17-6-3-7-18-37)40-30-32-55-49(33-40)45-25-14-15-28-54(45)60-55/h3-36H,1-2H3. The van der Waals surface area contributed by atoms with E-state index in [-0.39, 0.29) is 5.41 Å². The first-order valence-corrected chi connectivity index (χ1v) is 21.6.